The van der Waals surface area contributed by atoms with Crippen molar-refractivity contribution < 1.29 is 9.21 Å². The Morgan fingerprint density at radius 1 is 1.06 bits per heavy atom. The molecular formula is C25H25N5O4. The third kappa shape index (κ3) is 3.79. The molecule has 5 rings (SSSR count). The van der Waals surface area contributed by atoms with Crippen molar-refractivity contribution in [3.8, 4) is 0 Å². The standard InChI is InChI=1S/C25H25N5O4/c1-17-5-3-6-18(15-17)16-30-24(32)21-19(8-9-26-22(21)27(2)25(30)33)28-10-12-29(13-11-28)23(31)20-7-4-14-34-20/h3-9,14-15H,10-13,16H2,1-2H3. The largest absolute Gasteiger partial charge is 0.459 e. The highest BCUT2D eigenvalue weighted by Crippen LogP contribution is 2.23. The van der Waals surface area contributed by atoms with Crippen LogP contribution in [0.4, 0.5) is 5.69 Å². The molecule has 0 N–H and O–H groups in total. The van der Waals surface area contributed by atoms with Gasteiger partial charge in [-0.3, -0.25) is 18.7 Å². The second kappa shape index (κ2) is 8.66. The number of carbonyl (C=O) groups is 1. The molecule has 3 aromatic heterocycles. The number of anilines is 1. The lowest BCUT2D eigenvalue weighted by atomic mass is 10.1. The van der Waals surface area contributed by atoms with E-state index in [-0.39, 0.29) is 18.0 Å². The molecule has 1 aromatic carbocycles. The number of aryl methyl sites for hydroxylation is 2. The van der Waals surface area contributed by atoms with Crippen LogP contribution in [0.3, 0.4) is 0 Å². The van der Waals surface area contributed by atoms with Crippen LogP contribution < -0.4 is 16.1 Å². The number of amides is 1. The molecule has 0 bridgehead atoms. The monoisotopic (exact) mass is 459 g/mol. The summed E-state index contributed by atoms with van der Waals surface area (Å²) in [5, 5.41) is 0.406. The van der Waals surface area contributed by atoms with Gasteiger partial charge in [0.25, 0.3) is 11.5 Å². The molecule has 0 unspecified atom stereocenters. The Hall–Kier alpha value is -4.14. The van der Waals surface area contributed by atoms with Crippen molar-refractivity contribution >= 4 is 22.6 Å². The molecule has 0 radical (unpaired) electrons. The van der Waals surface area contributed by atoms with Crippen molar-refractivity contribution in [1.29, 1.82) is 0 Å². The van der Waals surface area contributed by atoms with Crippen LogP contribution in [-0.4, -0.2) is 51.1 Å². The van der Waals surface area contributed by atoms with Crippen LogP contribution in [0.5, 0.6) is 0 Å². The Labute approximate surface area is 195 Å². The Morgan fingerprint density at radius 3 is 2.56 bits per heavy atom. The summed E-state index contributed by atoms with van der Waals surface area (Å²) in [7, 11) is 1.63. The summed E-state index contributed by atoms with van der Waals surface area (Å²) in [5.74, 6) is 0.170. The van der Waals surface area contributed by atoms with Crippen LogP contribution in [0, 0.1) is 6.92 Å². The number of rotatable bonds is 4. The molecule has 34 heavy (non-hydrogen) atoms. The fraction of sp³-hybridized carbons (Fsp3) is 0.280. The van der Waals surface area contributed by atoms with E-state index < -0.39 is 5.69 Å². The minimum Gasteiger partial charge on any atom is -0.459 e. The van der Waals surface area contributed by atoms with Gasteiger partial charge in [-0.2, -0.15) is 0 Å². The molecule has 0 atom stereocenters. The quantitative estimate of drug-likeness (QED) is 0.464. The average Bonchev–Trinajstić information content (AvgIpc) is 3.40. The first-order chi connectivity index (χ1) is 16.4. The van der Waals surface area contributed by atoms with Crippen molar-refractivity contribution in [3.05, 3.63) is 92.6 Å². The molecular weight excluding hydrogens is 434 g/mol. The maximum Gasteiger partial charge on any atom is 0.332 e. The van der Waals surface area contributed by atoms with Crippen LogP contribution in [0.1, 0.15) is 21.7 Å². The van der Waals surface area contributed by atoms with E-state index in [1.54, 1.807) is 36.3 Å². The summed E-state index contributed by atoms with van der Waals surface area (Å²) in [5.41, 5.74) is 2.24. The van der Waals surface area contributed by atoms with E-state index in [2.05, 4.69) is 9.88 Å². The molecule has 0 spiro atoms. The molecule has 1 aliphatic heterocycles. The fourth-order valence-electron chi connectivity index (χ4n) is 4.50. The molecule has 9 nitrogen and oxygen atoms in total. The number of pyridine rings is 1. The first-order valence-corrected chi connectivity index (χ1v) is 11.2. The topological polar surface area (TPSA) is 93.6 Å². The van der Waals surface area contributed by atoms with E-state index in [0.29, 0.717) is 48.7 Å². The third-order valence-corrected chi connectivity index (χ3v) is 6.27. The van der Waals surface area contributed by atoms with Gasteiger partial charge >= 0.3 is 5.69 Å². The average molecular weight is 460 g/mol. The first-order valence-electron chi connectivity index (χ1n) is 11.2. The van der Waals surface area contributed by atoms with Crippen molar-refractivity contribution in [3.63, 3.8) is 0 Å². The smallest absolute Gasteiger partial charge is 0.332 e. The number of benzene rings is 1. The summed E-state index contributed by atoms with van der Waals surface area (Å²) >= 11 is 0. The van der Waals surface area contributed by atoms with Gasteiger partial charge in [-0.25, -0.2) is 9.78 Å². The molecule has 4 aromatic rings. The first kappa shape index (κ1) is 21.7. The molecule has 0 saturated carbocycles. The summed E-state index contributed by atoms with van der Waals surface area (Å²) in [4.78, 5) is 47.4. The Morgan fingerprint density at radius 2 is 1.85 bits per heavy atom. The number of hydrogen-bond acceptors (Lipinski definition) is 6. The zero-order valence-corrected chi connectivity index (χ0v) is 19.1. The number of fused-ring (bicyclic) bond motifs is 1. The summed E-state index contributed by atoms with van der Waals surface area (Å²) in [6.07, 6.45) is 3.10. The van der Waals surface area contributed by atoms with Crippen molar-refractivity contribution in [2.75, 3.05) is 31.1 Å². The van der Waals surface area contributed by atoms with Gasteiger partial charge in [-0.05, 0) is 30.7 Å². The molecule has 0 aliphatic carbocycles. The highest BCUT2D eigenvalue weighted by Gasteiger charge is 2.26. The zero-order chi connectivity index (χ0) is 23.8. The number of aromatic nitrogens is 3. The maximum absolute atomic E-state index is 13.6. The number of hydrogen-bond donors (Lipinski definition) is 0. The lowest BCUT2D eigenvalue weighted by Crippen LogP contribution is -2.49. The molecule has 9 heteroatoms. The van der Waals surface area contributed by atoms with Gasteiger partial charge in [0.1, 0.15) is 5.39 Å². The molecule has 1 aliphatic rings. The van der Waals surface area contributed by atoms with E-state index in [9.17, 15) is 14.4 Å². The van der Waals surface area contributed by atoms with Gasteiger partial charge in [-0.1, -0.05) is 29.8 Å². The van der Waals surface area contributed by atoms with Gasteiger partial charge in [0, 0.05) is 39.4 Å². The Balaban J connectivity index is 1.50. The predicted octanol–water partition coefficient (Wildman–Crippen LogP) is 2.01. The molecule has 4 heterocycles. The van der Waals surface area contributed by atoms with Gasteiger partial charge < -0.3 is 14.2 Å². The lowest BCUT2D eigenvalue weighted by Gasteiger charge is -2.36. The molecule has 1 saturated heterocycles. The van der Waals surface area contributed by atoms with Crippen molar-refractivity contribution in [1.82, 2.24) is 19.0 Å². The normalized spacial score (nSPS) is 14.1. The lowest BCUT2D eigenvalue weighted by molar-refractivity contribution is 0.0715. The van der Waals surface area contributed by atoms with E-state index >= 15 is 0 Å². The van der Waals surface area contributed by atoms with E-state index in [1.807, 2.05) is 31.2 Å². The number of nitrogens with zero attached hydrogens (tertiary/aromatic N) is 5. The highest BCUT2D eigenvalue weighted by molar-refractivity contribution is 5.92. The van der Waals surface area contributed by atoms with Crippen molar-refractivity contribution in [2.45, 2.75) is 13.5 Å². The van der Waals surface area contributed by atoms with Crippen LogP contribution in [-0.2, 0) is 13.6 Å². The molecule has 1 fully saturated rings. The van der Waals surface area contributed by atoms with Gasteiger partial charge in [0.15, 0.2) is 11.4 Å². The number of piperazine rings is 1. The van der Waals surface area contributed by atoms with Crippen LogP contribution in [0.15, 0.2) is 68.9 Å². The van der Waals surface area contributed by atoms with Gasteiger partial charge in [0.2, 0.25) is 0 Å². The van der Waals surface area contributed by atoms with Crippen LogP contribution in [0.25, 0.3) is 11.0 Å². The van der Waals surface area contributed by atoms with Gasteiger partial charge in [-0.15, -0.1) is 0 Å². The second-order valence-electron chi connectivity index (χ2n) is 8.51. The van der Waals surface area contributed by atoms with Gasteiger partial charge in [0.05, 0.1) is 18.5 Å². The van der Waals surface area contributed by atoms with Crippen LogP contribution >= 0.6 is 0 Å². The summed E-state index contributed by atoms with van der Waals surface area (Å²) in [6, 6.07) is 12.9. The Bertz CT molecular complexity index is 1480. The Kier molecular flexibility index (Phi) is 5.53. The van der Waals surface area contributed by atoms with E-state index in [1.165, 1.54) is 15.4 Å². The summed E-state index contributed by atoms with van der Waals surface area (Å²) < 4.78 is 7.92. The predicted molar refractivity (Wildman–Crippen MR) is 128 cm³/mol. The van der Waals surface area contributed by atoms with Crippen LogP contribution in [0.2, 0.25) is 0 Å². The highest BCUT2D eigenvalue weighted by atomic mass is 16.3. The second-order valence-corrected chi connectivity index (χ2v) is 8.51. The minimum atomic E-state index is -0.405. The van der Waals surface area contributed by atoms with E-state index in [4.69, 9.17) is 4.42 Å². The molecule has 174 valence electrons. The fourth-order valence-corrected chi connectivity index (χ4v) is 4.50. The maximum atomic E-state index is 13.6. The number of furan rings is 1. The van der Waals surface area contributed by atoms with Crippen molar-refractivity contribution in [2.24, 2.45) is 7.05 Å². The minimum absolute atomic E-state index is 0.146. The summed E-state index contributed by atoms with van der Waals surface area (Å²) in [6.45, 7) is 4.24. The third-order valence-electron chi connectivity index (χ3n) is 6.27. The molecule has 1 amide bonds. The SMILES string of the molecule is Cc1cccc(Cn2c(=O)c3c(N4CCN(C(=O)c5ccco5)CC4)ccnc3n(C)c2=O)c1. The van der Waals surface area contributed by atoms with E-state index in [0.717, 1.165) is 11.1 Å². The zero-order valence-electron chi connectivity index (χ0n) is 19.1. The number of carbonyl (C=O) groups excluding carboxylic acids is 1.